The Bertz CT molecular complexity index is 706. The van der Waals surface area contributed by atoms with Crippen LogP contribution in [0.15, 0.2) is 23.6 Å². The molecule has 1 aromatic heterocycles. The summed E-state index contributed by atoms with van der Waals surface area (Å²) in [6.07, 6.45) is 0.0471. The summed E-state index contributed by atoms with van der Waals surface area (Å²) in [4.78, 5) is 15.9. The van der Waals surface area contributed by atoms with Gasteiger partial charge in [-0.3, -0.25) is 4.79 Å². The third-order valence-electron chi connectivity index (χ3n) is 2.81. The molecule has 7 heteroatoms. The fraction of sp³-hybridized carbons (Fsp3) is 0.267. The van der Waals surface area contributed by atoms with Gasteiger partial charge in [0.1, 0.15) is 11.1 Å². The highest BCUT2D eigenvalue weighted by molar-refractivity contribution is 7.13. The maximum absolute atomic E-state index is 11.5. The molecular weight excluding hydrogens is 304 g/mol. The van der Waals surface area contributed by atoms with Crippen LogP contribution in [0.1, 0.15) is 5.69 Å². The van der Waals surface area contributed by atoms with Gasteiger partial charge in [0.2, 0.25) is 0 Å². The predicted molar refractivity (Wildman–Crippen MR) is 80.9 cm³/mol. The number of nitriles is 1. The van der Waals surface area contributed by atoms with E-state index < -0.39 is 5.97 Å². The quantitative estimate of drug-likeness (QED) is 0.761. The molecular formula is C15H14N2O4S. The lowest BCUT2D eigenvalue weighted by Gasteiger charge is -2.08. The molecule has 114 valence electrons. The van der Waals surface area contributed by atoms with Gasteiger partial charge in [0.15, 0.2) is 18.1 Å². The molecule has 2 rings (SSSR count). The average Bonchev–Trinajstić information content (AvgIpc) is 3.00. The largest absolute Gasteiger partial charge is 0.493 e. The molecule has 0 aliphatic rings. The molecule has 0 saturated carbocycles. The number of hydrogen-bond acceptors (Lipinski definition) is 7. The number of ether oxygens (including phenoxy) is 3. The molecule has 1 aromatic carbocycles. The Labute approximate surface area is 131 Å². The zero-order chi connectivity index (χ0) is 15.9. The van der Waals surface area contributed by atoms with Gasteiger partial charge in [0.25, 0.3) is 0 Å². The second-order valence-corrected chi connectivity index (χ2v) is 5.07. The molecule has 1 heterocycles. The predicted octanol–water partition coefficient (Wildman–Crippen LogP) is 2.44. The van der Waals surface area contributed by atoms with Gasteiger partial charge in [0.05, 0.1) is 26.3 Å². The van der Waals surface area contributed by atoms with Crippen LogP contribution in [0.5, 0.6) is 11.5 Å². The van der Waals surface area contributed by atoms with Crippen molar-refractivity contribution in [2.75, 3.05) is 20.8 Å². The smallest absolute Gasteiger partial charge is 0.312 e. The molecule has 0 amide bonds. The van der Waals surface area contributed by atoms with Crippen LogP contribution in [0, 0.1) is 11.3 Å². The Morgan fingerprint density at radius 3 is 2.77 bits per heavy atom. The van der Waals surface area contributed by atoms with E-state index in [4.69, 9.17) is 19.5 Å². The lowest BCUT2D eigenvalue weighted by Crippen LogP contribution is -2.08. The lowest BCUT2D eigenvalue weighted by molar-refractivity contribution is -0.141. The van der Waals surface area contributed by atoms with Gasteiger partial charge in [-0.25, -0.2) is 4.98 Å². The van der Waals surface area contributed by atoms with Crippen molar-refractivity contribution < 1.29 is 19.0 Å². The average molecular weight is 318 g/mol. The van der Waals surface area contributed by atoms with E-state index >= 15 is 0 Å². The summed E-state index contributed by atoms with van der Waals surface area (Å²) >= 11 is 1.42. The minimum atomic E-state index is -0.467. The van der Waals surface area contributed by atoms with Crippen molar-refractivity contribution in [3.05, 3.63) is 29.3 Å². The van der Waals surface area contributed by atoms with E-state index in [0.717, 1.165) is 10.6 Å². The van der Waals surface area contributed by atoms with E-state index in [1.165, 1.54) is 11.3 Å². The van der Waals surface area contributed by atoms with Crippen LogP contribution in [0.3, 0.4) is 0 Å². The van der Waals surface area contributed by atoms with Crippen molar-refractivity contribution in [2.45, 2.75) is 6.42 Å². The SMILES string of the molecule is COc1ccc(-c2nc(CC(=O)OCC#N)cs2)cc1OC. The van der Waals surface area contributed by atoms with Crippen LogP contribution in [0.2, 0.25) is 0 Å². The summed E-state index contributed by atoms with van der Waals surface area (Å²) in [7, 11) is 3.14. The second-order valence-electron chi connectivity index (χ2n) is 4.21. The maximum atomic E-state index is 11.5. The van der Waals surface area contributed by atoms with Gasteiger partial charge < -0.3 is 14.2 Å². The first-order chi connectivity index (χ1) is 10.7. The van der Waals surface area contributed by atoms with E-state index in [1.807, 2.05) is 12.1 Å². The number of nitrogens with zero attached hydrogens (tertiary/aromatic N) is 2. The monoisotopic (exact) mass is 318 g/mol. The normalized spacial score (nSPS) is 9.86. The van der Waals surface area contributed by atoms with Crippen LogP contribution in [0.4, 0.5) is 0 Å². The Balaban J connectivity index is 2.14. The van der Waals surface area contributed by atoms with E-state index in [9.17, 15) is 4.79 Å². The van der Waals surface area contributed by atoms with Gasteiger partial charge in [-0.1, -0.05) is 0 Å². The molecule has 0 bridgehead atoms. The number of thiazole rings is 1. The number of methoxy groups -OCH3 is 2. The zero-order valence-corrected chi connectivity index (χ0v) is 13.0. The molecule has 0 spiro atoms. The number of esters is 1. The topological polar surface area (TPSA) is 81.4 Å². The highest BCUT2D eigenvalue weighted by atomic mass is 32.1. The molecule has 2 aromatic rings. The number of carbonyl (C=O) groups is 1. The van der Waals surface area contributed by atoms with Crippen molar-refractivity contribution in [1.29, 1.82) is 5.26 Å². The summed E-state index contributed by atoms with van der Waals surface area (Å²) in [5.41, 5.74) is 1.48. The van der Waals surface area contributed by atoms with Gasteiger partial charge in [0, 0.05) is 10.9 Å². The van der Waals surface area contributed by atoms with Gasteiger partial charge in [-0.05, 0) is 18.2 Å². The van der Waals surface area contributed by atoms with Gasteiger partial charge in [-0.15, -0.1) is 11.3 Å². The fourth-order valence-electron chi connectivity index (χ4n) is 1.80. The fourth-order valence-corrected chi connectivity index (χ4v) is 2.62. The summed E-state index contributed by atoms with van der Waals surface area (Å²) in [6, 6.07) is 7.26. The van der Waals surface area contributed by atoms with E-state index in [-0.39, 0.29) is 13.0 Å². The standard InChI is InChI=1S/C15H14N2O4S/c1-19-12-4-3-10(7-13(12)20-2)15-17-11(9-22-15)8-14(18)21-6-5-16/h3-4,7,9H,6,8H2,1-2H3. The van der Waals surface area contributed by atoms with Crippen LogP contribution in [-0.2, 0) is 16.0 Å². The first-order valence-corrected chi connectivity index (χ1v) is 7.25. The number of aromatic nitrogens is 1. The molecule has 6 nitrogen and oxygen atoms in total. The number of rotatable bonds is 6. The highest BCUT2D eigenvalue weighted by Gasteiger charge is 2.12. The summed E-state index contributed by atoms with van der Waals surface area (Å²) in [5.74, 6) is 0.791. The molecule has 0 fully saturated rings. The Kier molecular flexibility index (Phi) is 5.33. The number of benzene rings is 1. The van der Waals surface area contributed by atoms with E-state index in [1.54, 1.807) is 31.7 Å². The molecule has 0 N–H and O–H groups in total. The Morgan fingerprint density at radius 1 is 1.32 bits per heavy atom. The van der Waals surface area contributed by atoms with Crippen LogP contribution < -0.4 is 9.47 Å². The van der Waals surface area contributed by atoms with Crippen molar-refractivity contribution in [2.24, 2.45) is 0 Å². The minimum absolute atomic E-state index is 0.0471. The molecule has 0 radical (unpaired) electrons. The van der Waals surface area contributed by atoms with Gasteiger partial charge >= 0.3 is 5.97 Å². The molecule has 0 aliphatic heterocycles. The number of carbonyl (C=O) groups excluding carboxylic acids is 1. The maximum Gasteiger partial charge on any atom is 0.312 e. The third kappa shape index (κ3) is 3.74. The third-order valence-corrected chi connectivity index (χ3v) is 3.75. The summed E-state index contributed by atoms with van der Waals surface area (Å²) in [5, 5.41) is 10.9. The highest BCUT2D eigenvalue weighted by Crippen LogP contribution is 2.33. The van der Waals surface area contributed by atoms with Crippen molar-refractivity contribution in [3.8, 4) is 28.1 Å². The van der Waals surface area contributed by atoms with Crippen LogP contribution >= 0.6 is 11.3 Å². The van der Waals surface area contributed by atoms with Gasteiger partial charge in [-0.2, -0.15) is 5.26 Å². The van der Waals surface area contributed by atoms with E-state index in [0.29, 0.717) is 17.2 Å². The summed E-state index contributed by atoms with van der Waals surface area (Å²) in [6.45, 7) is -0.245. The lowest BCUT2D eigenvalue weighted by atomic mass is 10.2. The zero-order valence-electron chi connectivity index (χ0n) is 12.2. The molecule has 0 unspecified atom stereocenters. The molecule has 0 saturated heterocycles. The van der Waals surface area contributed by atoms with Crippen LogP contribution in [0.25, 0.3) is 10.6 Å². The number of hydrogen-bond donors (Lipinski definition) is 0. The first-order valence-electron chi connectivity index (χ1n) is 6.37. The Morgan fingerprint density at radius 2 is 2.09 bits per heavy atom. The molecule has 0 aliphatic carbocycles. The van der Waals surface area contributed by atoms with Crippen molar-refractivity contribution in [3.63, 3.8) is 0 Å². The van der Waals surface area contributed by atoms with Crippen molar-refractivity contribution in [1.82, 2.24) is 4.98 Å². The van der Waals surface area contributed by atoms with Crippen LogP contribution in [-0.4, -0.2) is 31.8 Å². The molecule has 0 atom stereocenters. The Hall–Kier alpha value is -2.59. The van der Waals surface area contributed by atoms with Crippen molar-refractivity contribution >= 4 is 17.3 Å². The first kappa shape index (κ1) is 15.8. The second kappa shape index (κ2) is 7.43. The minimum Gasteiger partial charge on any atom is -0.493 e. The van der Waals surface area contributed by atoms with E-state index in [2.05, 4.69) is 4.98 Å². The summed E-state index contributed by atoms with van der Waals surface area (Å²) < 4.78 is 15.2. The molecule has 22 heavy (non-hydrogen) atoms.